The first-order chi connectivity index (χ1) is 13.7. The molecular formula is C22H36NO5P. The molecule has 1 aromatic rings. The van der Waals surface area contributed by atoms with Crippen molar-refractivity contribution in [1.29, 1.82) is 0 Å². The van der Waals surface area contributed by atoms with Crippen molar-refractivity contribution in [2.75, 3.05) is 13.5 Å². The largest absolute Gasteiger partial charge is 0.462 e. The van der Waals surface area contributed by atoms with Gasteiger partial charge in [0, 0.05) is 7.11 Å². The van der Waals surface area contributed by atoms with Crippen LogP contribution in [0.1, 0.15) is 70.9 Å². The Morgan fingerprint density at radius 1 is 1.24 bits per heavy atom. The van der Waals surface area contributed by atoms with Crippen LogP contribution in [-0.2, 0) is 25.3 Å². The van der Waals surface area contributed by atoms with Crippen LogP contribution in [-0.4, -0.2) is 31.6 Å². The Bertz CT molecular complexity index is 732. The molecule has 1 aliphatic carbocycles. The molecule has 3 atom stereocenters. The van der Waals surface area contributed by atoms with E-state index in [-0.39, 0.29) is 12.5 Å². The normalized spacial score (nSPS) is 18.2. The maximum Gasteiger partial charge on any atom is 0.342 e. The number of para-hydroxylation sites is 1. The summed E-state index contributed by atoms with van der Waals surface area (Å²) in [6, 6.07) is 5.35. The van der Waals surface area contributed by atoms with E-state index in [0.717, 1.165) is 24.0 Å². The Balaban J connectivity index is 2.32. The lowest BCUT2D eigenvalue weighted by molar-refractivity contribution is -0.149. The Kier molecular flexibility index (Phi) is 8.74. The Morgan fingerprint density at radius 3 is 2.48 bits per heavy atom. The molecule has 0 spiro atoms. The monoisotopic (exact) mass is 425 g/mol. The third kappa shape index (κ3) is 6.84. The van der Waals surface area contributed by atoms with Crippen LogP contribution >= 0.6 is 7.52 Å². The SMILES string of the molecule is CCCc1cccc([C@H](C)C2CC2)c1OP(=O)(COC)N[C@@H](C)C(=O)OC(C)C. The number of nitrogens with one attached hydrogen (secondary N) is 1. The van der Waals surface area contributed by atoms with Crippen LogP contribution in [0.4, 0.5) is 0 Å². The van der Waals surface area contributed by atoms with Gasteiger partial charge in [0.1, 0.15) is 18.1 Å². The number of esters is 1. The smallest absolute Gasteiger partial charge is 0.342 e. The zero-order chi connectivity index (χ0) is 21.6. The lowest BCUT2D eigenvalue weighted by atomic mass is 9.92. The molecule has 164 valence electrons. The lowest BCUT2D eigenvalue weighted by Crippen LogP contribution is -2.36. The predicted molar refractivity (Wildman–Crippen MR) is 116 cm³/mol. The first-order valence-corrected chi connectivity index (χ1v) is 12.4. The molecule has 7 heteroatoms. The number of rotatable bonds is 12. The van der Waals surface area contributed by atoms with Crippen LogP contribution in [0.15, 0.2) is 18.2 Å². The second-order valence-corrected chi connectivity index (χ2v) is 10.3. The standard InChI is InChI=1S/C22H36NO5P/c1-7-9-19-10-8-11-20(16(4)18-12-13-18)21(19)28-29(25,14-26-6)23-17(5)22(24)27-15(2)3/h8,10-11,15-18H,7,9,12-14H2,1-6H3,(H,23,25)/t16-,17+,29?/m1/s1. The zero-order valence-corrected chi connectivity index (χ0v) is 19.5. The molecule has 1 aliphatic rings. The molecule has 1 fully saturated rings. The molecule has 0 aliphatic heterocycles. The van der Waals surface area contributed by atoms with E-state index >= 15 is 0 Å². The highest BCUT2D eigenvalue weighted by molar-refractivity contribution is 7.57. The average Bonchev–Trinajstić information content (AvgIpc) is 3.47. The third-order valence-corrected chi connectivity index (χ3v) is 6.96. The lowest BCUT2D eigenvalue weighted by Gasteiger charge is -2.27. The van der Waals surface area contributed by atoms with Crippen LogP contribution in [0.5, 0.6) is 5.75 Å². The molecule has 0 bridgehead atoms. The third-order valence-electron chi connectivity index (χ3n) is 5.10. The van der Waals surface area contributed by atoms with E-state index in [1.807, 2.05) is 12.1 Å². The van der Waals surface area contributed by atoms with Gasteiger partial charge in [-0.2, -0.15) is 0 Å². The highest BCUT2D eigenvalue weighted by Crippen LogP contribution is 2.50. The maximum atomic E-state index is 13.6. The van der Waals surface area contributed by atoms with Crippen molar-refractivity contribution in [2.45, 2.75) is 78.4 Å². The van der Waals surface area contributed by atoms with Crippen molar-refractivity contribution in [3.05, 3.63) is 29.3 Å². The second kappa shape index (κ2) is 10.6. The molecule has 1 N–H and O–H groups in total. The van der Waals surface area contributed by atoms with Gasteiger partial charge in [0.25, 0.3) is 0 Å². The fourth-order valence-electron chi connectivity index (χ4n) is 3.48. The fourth-order valence-corrected chi connectivity index (χ4v) is 5.21. The zero-order valence-electron chi connectivity index (χ0n) is 18.6. The number of hydrogen-bond donors (Lipinski definition) is 1. The van der Waals surface area contributed by atoms with E-state index in [2.05, 4.69) is 25.0 Å². The molecule has 29 heavy (non-hydrogen) atoms. The molecule has 0 amide bonds. The summed E-state index contributed by atoms with van der Waals surface area (Å²) in [5.41, 5.74) is 2.11. The van der Waals surface area contributed by atoms with Gasteiger partial charge >= 0.3 is 13.5 Å². The summed E-state index contributed by atoms with van der Waals surface area (Å²) in [4.78, 5) is 12.2. The van der Waals surface area contributed by atoms with E-state index in [1.54, 1.807) is 20.8 Å². The minimum Gasteiger partial charge on any atom is -0.462 e. The van der Waals surface area contributed by atoms with Gasteiger partial charge in [-0.15, -0.1) is 0 Å². The van der Waals surface area contributed by atoms with Crippen molar-refractivity contribution in [3.63, 3.8) is 0 Å². The number of aryl methyl sites for hydroxylation is 1. The Labute approximate surface area is 175 Å². The van der Waals surface area contributed by atoms with Gasteiger partial charge < -0.3 is 14.0 Å². The van der Waals surface area contributed by atoms with E-state index in [1.165, 1.54) is 20.0 Å². The maximum absolute atomic E-state index is 13.6. The predicted octanol–water partition coefficient (Wildman–Crippen LogP) is 5.26. The summed E-state index contributed by atoms with van der Waals surface area (Å²) in [6.45, 7) is 9.50. The molecular weight excluding hydrogens is 389 g/mol. The first kappa shape index (κ1) is 23.9. The number of carbonyl (C=O) groups excluding carboxylic acids is 1. The summed E-state index contributed by atoms with van der Waals surface area (Å²) in [6.07, 6.45) is 3.83. The topological polar surface area (TPSA) is 73.9 Å². The molecule has 2 rings (SSSR count). The van der Waals surface area contributed by atoms with E-state index in [4.69, 9.17) is 14.0 Å². The van der Waals surface area contributed by atoms with Crippen LogP contribution in [0.3, 0.4) is 0 Å². The molecule has 1 saturated carbocycles. The Morgan fingerprint density at radius 2 is 1.93 bits per heavy atom. The molecule has 1 unspecified atom stereocenters. The van der Waals surface area contributed by atoms with Gasteiger partial charge in [0.05, 0.1) is 6.10 Å². The van der Waals surface area contributed by atoms with Crippen LogP contribution in [0.2, 0.25) is 0 Å². The highest BCUT2D eigenvalue weighted by atomic mass is 31.2. The van der Waals surface area contributed by atoms with E-state index < -0.39 is 19.5 Å². The Hall–Kier alpha value is -1.36. The van der Waals surface area contributed by atoms with Crippen molar-refractivity contribution in [2.24, 2.45) is 5.92 Å². The van der Waals surface area contributed by atoms with Crippen LogP contribution in [0, 0.1) is 5.92 Å². The summed E-state index contributed by atoms with van der Waals surface area (Å²) in [7, 11) is -2.02. The van der Waals surface area contributed by atoms with Gasteiger partial charge in [-0.25, -0.2) is 5.09 Å². The summed E-state index contributed by atoms with van der Waals surface area (Å²) < 4.78 is 30.3. The number of benzene rings is 1. The number of ether oxygens (including phenoxy) is 2. The van der Waals surface area contributed by atoms with Crippen molar-refractivity contribution in [1.82, 2.24) is 5.09 Å². The van der Waals surface area contributed by atoms with Crippen molar-refractivity contribution < 1.29 is 23.4 Å². The van der Waals surface area contributed by atoms with E-state index in [0.29, 0.717) is 17.6 Å². The van der Waals surface area contributed by atoms with Crippen LogP contribution < -0.4 is 9.61 Å². The van der Waals surface area contributed by atoms with Gasteiger partial charge in [0.2, 0.25) is 0 Å². The van der Waals surface area contributed by atoms with Crippen LogP contribution in [0.25, 0.3) is 0 Å². The molecule has 6 nitrogen and oxygen atoms in total. The van der Waals surface area contributed by atoms with E-state index in [9.17, 15) is 9.36 Å². The fraction of sp³-hybridized carbons (Fsp3) is 0.682. The van der Waals surface area contributed by atoms with Crippen molar-refractivity contribution >= 4 is 13.5 Å². The first-order valence-electron chi connectivity index (χ1n) is 10.6. The van der Waals surface area contributed by atoms with Gasteiger partial charge in [0.15, 0.2) is 0 Å². The second-order valence-electron chi connectivity index (χ2n) is 8.23. The number of carbonyl (C=O) groups is 1. The summed E-state index contributed by atoms with van der Waals surface area (Å²) >= 11 is 0. The minimum atomic E-state index is -3.49. The van der Waals surface area contributed by atoms with Gasteiger partial charge in [-0.3, -0.25) is 9.36 Å². The average molecular weight is 426 g/mol. The molecule has 0 radical (unpaired) electrons. The van der Waals surface area contributed by atoms with Gasteiger partial charge in [-0.05, 0) is 63.0 Å². The summed E-state index contributed by atoms with van der Waals surface area (Å²) in [5.74, 6) is 1.18. The molecule has 1 aromatic carbocycles. The quantitative estimate of drug-likeness (QED) is 0.364. The molecule has 0 aromatic heterocycles. The van der Waals surface area contributed by atoms with Crippen molar-refractivity contribution in [3.8, 4) is 5.75 Å². The number of hydrogen-bond acceptors (Lipinski definition) is 5. The highest BCUT2D eigenvalue weighted by Gasteiger charge is 2.35. The molecule has 0 heterocycles. The minimum absolute atomic E-state index is 0.135. The number of methoxy groups -OCH3 is 1. The molecule has 0 saturated heterocycles. The van der Waals surface area contributed by atoms with Gasteiger partial charge in [-0.1, -0.05) is 38.5 Å². The summed E-state index contributed by atoms with van der Waals surface area (Å²) in [5, 5.41) is 2.86.